The summed E-state index contributed by atoms with van der Waals surface area (Å²) in [6, 6.07) is 45.1. The number of fused-ring (bicyclic) bond motifs is 5. The fourth-order valence-electron chi connectivity index (χ4n) is 7.33. The van der Waals surface area contributed by atoms with E-state index >= 15 is 0 Å². The molecule has 2 aliphatic rings. The van der Waals surface area contributed by atoms with Gasteiger partial charge in [-0.25, -0.2) is 0 Å². The molecule has 2 aliphatic heterocycles. The third-order valence-corrected chi connectivity index (χ3v) is 10.5. The Balaban J connectivity index is 1.25. The molecule has 3 heteroatoms. The summed E-state index contributed by atoms with van der Waals surface area (Å²) in [4.78, 5) is 2.73. The van der Waals surface area contributed by atoms with Crippen molar-refractivity contribution in [2.24, 2.45) is 0 Å². The Morgan fingerprint density at radius 1 is 0.561 bits per heavy atom. The van der Waals surface area contributed by atoms with Crippen LogP contribution in [0.3, 0.4) is 0 Å². The Hall–Kier alpha value is -4.47. The zero-order valence-electron chi connectivity index (χ0n) is 23.0. The van der Waals surface area contributed by atoms with E-state index in [0.717, 1.165) is 0 Å². The minimum atomic E-state index is 0.244. The van der Waals surface area contributed by atoms with Crippen LogP contribution in [0, 0.1) is 13.8 Å². The second kappa shape index (κ2) is 8.52. The van der Waals surface area contributed by atoms with Crippen LogP contribution in [0.5, 0.6) is 0 Å². The summed E-state index contributed by atoms with van der Waals surface area (Å²) in [7, 11) is 0. The smallest absolute Gasteiger partial charge is 0.249 e. The van der Waals surface area contributed by atoms with Crippen molar-refractivity contribution in [1.29, 1.82) is 0 Å². The number of aromatic nitrogens is 1. The van der Waals surface area contributed by atoms with Crippen molar-refractivity contribution in [2.75, 3.05) is 0 Å². The van der Waals surface area contributed by atoms with Crippen LogP contribution >= 0.6 is 11.8 Å². The molecule has 192 valence electrons. The first kappa shape index (κ1) is 23.3. The maximum Gasteiger partial charge on any atom is 0.249 e. The summed E-state index contributed by atoms with van der Waals surface area (Å²) in [5.41, 5.74) is 14.8. The molecule has 0 N–H and O–H groups in total. The molecule has 0 saturated heterocycles. The second-order valence-corrected chi connectivity index (χ2v) is 12.4. The molecule has 0 amide bonds. The van der Waals surface area contributed by atoms with Crippen LogP contribution in [-0.2, 0) is 0 Å². The highest BCUT2D eigenvalue weighted by atomic mass is 32.2. The van der Waals surface area contributed by atoms with Crippen LogP contribution in [0.1, 0.15) is 11.3 Å². The van der Waals surface area contributed by atoms with Crippen molar-refractivity contribution in [1.82, 2.24) is 4.57 Å². The van der Waals surface area contributed by atoms with Crippen LogP contribution in [-0.4, -0.2) is 11.3 Å². The number of para-hydroxylation sites is 1. The van der Waals surface area contributed by atoms with Gasteiger partial charge in [0.25, 0.3) is 0 Å². The van der Waals surface area contributed by atoms with E-state index in [1.54, 1.807) is 0 Å². The van der Waals surface area contributed by atoms with E-state index in [1.165, 1.54) is 87.1 Å². The standard InChI is InChI=1S/C38H26BNS/c1-23-24(2)40-34-16-9-17-35-37(34)39(33-15-8-14-27(23)38(33)40)32-21-18-26(22-36(32)41-35)29-20-19-28(25-10-4-3-5-11-25)30-12-6-7-13-31(29)30/h3-22H,1-2H3. The molecule has 41 heavy (non-hydrogen) atoms. The molecule has 0 unspecified atom stereocenters. The lowest BCUT2D eigenvalue weighted by atomic mass is 9.35. The molecule has 0 fully saturated rings. The van der Waals surface area contributed by atoms with Crippen LogP contribution in [0.15, 0.2) is 131 Å². The minimum absolute atomic E-state index is 0.244. The monoisotopic (exact) mass is 539 g/mol. The zero-order chi connectivity index (χ0) is 27.2. The third kappa shape index (κ3) is 3.16. The summed E-state index contributed by atoms with van der Waals surface area (Å²) in [6.45, 7) is 4.78. The lowest BCUT2D eigenvalue weighted by Crippen LogP contribution is -2.58. The molecule has 6 aromatic carbocycles. The summed E-state index contributed by atoms with van der Waals surface area (Å²) < 4.78 is 2.51. The number of rotatable bonds is 2. The van der Waals surface area contributed by atoms with Crippen molar-refractivity contribution in [3.05, 3.63) is 133 Å². The topological polar surface area (TPSA) is 4.93 Å². The minimum Gasteiger partial charge on any atom is -0.315 e. The summed E-state index contributed by atoms with van der Waals surface area (Å²) >= 11 is 1.93. The van der Waals surface area contributed by atoms with E-state index in [1.807, 2.05) is 11.8 Å². The van der Waals surface area contributed by atoms with Crippen molar-refractivity contribution in [2.45, 2.75) is 23.6 Å². The van der Waals surface area contributed by atoms with E-state index in [2.05, 4.69) is 140 Å². The Labute approximate surface area is 244 Å². The van der Waals surface area contributed by atoms with E-state index in [0.29, 0.717) is 0 Å². The molecule has 7 aromatic rings. The Morgan fingerprint density at radius 2 is 1.27 bits per heavy atom. The van der Waals surface area contributed by atoms with E-state index in [4.69, 9.17) is 0 Å². The number of nitrogens with zero attached hydrogens (tertiary/aromatic N) is 1. The van der Waals surface area contributed by atoms with E-state index in [-0.39, 0.29) is 6.71 Å². The first-order valence-electron chi connectivity index (χ1n) is 14.3. The SMILES string of the molecule is Cc1c(C)n2c3c(cccc13)B1c3ccc(-c4ccc(-c5ccccc5)c5ccccc45)cc3Sc3cccc-2c31. The van der Waals surface area contributed by atoms with Gasteiger partial charge in [0.05, 0.1) is 0 Å². The molecular weight excluding hydrogens is 513 g/mol. The average Bonchev–Trinajstić information content (AvgIpc) is 3.29. The lowest BCUT2D eigenvalue weighted by molar-refractivity contribution is 1.04. The third-order valence-electron chi connectivity index (χ3n) is 9.32. The summed E-state index contributed by atoms with van der Waals surface area (Å²) in [6.07, 6.45) is 0. The summed E-state index contributed by atoms with van der Waals surface area (Å²) in [5, 5.41) is 3.96. The Morgan fingerprint density at radius 3 is 2.07 bits per heavy atom. The van der Waals surface area contributed by atoms with E-state index < -0.39 is 0 Å². The maximum absolute atomic E-state index is 2.51. The molecule has 0 atom stereocenters. The van der Waals surface area contributed by atoms with Gasteiger partial charge in [0, 0.05) is 32.1 Å². The molecule has 0 radical (unpaired) electrons. The second-order valence-electron chi connectivity index (χ2n) is 11.3. The molecule has 1 nitrogen and oxygen atoms in total. The van der Waals surface area contributed by atoms with Crippen LogP contribution in [0.4, 0.5) is 0 Å². The van der Waals surface area contributed by atoms with Gasteiger partial charge in [0.1, 0.15) is 0 Å². The Kier molecular flexibility index (Phi) is 4.83. The first-order valence-corrected chi connectivity index (χ1v) is 15.1. The van der Waals surface area contributed by atoms with E-state index in [9.17, 15) is 0 Å². The highest BCUT2D eigenvalue weighted by molar-refractivity contribution is 8.00. The molecule has 0 saturated carbocycles. The van der Waals surface area contributed by atoms with Gasteiger partial charge in [-0.3, -0.25) is 0 Å². The molecule has 9 rings (SSSR count). The van der Waals surface area contributed by atoms with Gasteiger partial charge in [-0.15, -0.1) is 0 Å². The molecule has 0 aliphatic carbocycles. The fraction of sp³-hybridized carbons (Fsp3) is 0.0526. The predicted octanol–water partition coefficient (Wildman–Crippen LogP) is 8.03. The van der Waals surface area contributed by atoms with Crippen molar-refractivity contribution in [3.8, 4) is 27.9 Å². The molecular formula is C38H26BNS. The van der Waals surface area contributed by atoms with Gasteiger partial charge >= 0.3 is 0 Å². The van der Waals surface area contributed by atoms with Gasteiger partial charge in [-0.05, 0) is 81.6 Å². The predicted molar refractivity (Wildman–Crippen MR) is 176 cm³/mol. The average molecular weight is 540 g/mol. The maximum atomic E-state index is 2.51. The largest absolute Gasteiger partial charge is 0.315 e. The number of benzene rings is 6. The normalized spacial score (nSPS) is 13.0. The molecule has 0 spiro atoms. The van der Waals surface area contributed by atoms with Crippen molar-refractivity contribution in [3.63, 3.8) is 0 Å². The van der Waals surface area contributed by atoms with Gasteiger partial charge in [0.2, 0.25) is 6.71 Å². The van der Waals surface area contributed by atoms with Crippen LogP contribution in [0.25, 0.3) is 49.6 Å². The summed E-state index contributed by atoms with van der Waals surface area (Å²) in [5.74, 6) is 0. The van der Waals surface area contributed by atoms with Gasteiger partial charge in [0.15, 0.2) is 0 Å². The highest BCUT2D eigenvalue weighted by Crippen LogP contribution is 2.40. The quantitative estimate of drug-likeness (QED) is 0.201. The van der Waals surface area contributed by atoms with Gasteiger partial charge < -0.3 is 4.57 Å². The first-order chi connectivity index (χ1) is 20.2. The molecule has 0 bridgehead atoms. The van der Waals surface area contributed by atoms with Crippen LogP contribution < -0.4 is 16.4 Å². The molecule has 1 aromatic heterocycles. The zero-order valence-corrected chi connectivity index (χ0v) is 23.8. The number of hydrogen-bond acceptors (Lipinski definition) is 1. The number of aryl methyl sites for hydroxylation is 1. The number of hydrogen-bond donors (Lipinski definition) is 0. The van der Waals surface area contributed by atoms with Crippen molar-refractivity contribution >= 4 is 56.5 Å². The van der Waals surface area contributed by atoms with Gasteiger partial charge in [-0.2, -0.15) is 0 Å². The Bertz CT molecular complexity index is 2210. The highest BCUT2D eigenvalue weighted by Gasteiger charge is 2.39. The molecule has 3 heterocycles. The van der Waals surface area contributed by atoms with Crippen molar-refractivity contribution < 1.29 is 0 Å². The van der Waals surface area contributed by atoms with Gasteiger partial charge in [-0.1, -0.05) is 120 Å². The lowest BCUT2D eigenvalue weighted by Gasteiger charge is -2.33. The van der Waals surface area contributed by atoms with Crippen LogP contribution in [0.2, 0.25) is 0 Å². The fourth-order valence-corrected chi connectivity index (χ4v) is 8.54.